The predicted octanol–water partition coefficient (Wildman–Crippen LogP) is 5.82. The molecule has 0 aliphatic carbocycles. The molecule has 0 radical (unpaired) electrons. The number of likely N-dealkylation sites (tertiary alicyclic amines) is 1. The summed E-state index contributed by atoms with van der Waals surface area (Å²) in [5.74, 6) is 1.08. The quantitative estimate of drug-likeness (QED) is 0.316. The van der Waals surface area contributed by atoms with Crippen molar-refractivity contribution in [3.05, 3.63) is 53.1 Å². The summed E-state index contributed by atoms with van der Waals surface area (Å²) >= 11 is 3.48. The molecule has 1 aromatic carbocycles. The smallest absolute Gasteiger partial charge is 0.410 e. The summed E-state index contributed by atoms with van der Waals surface area (Å²) in [6.45, 7) is 6.08. The minimum Gasteiger partial charge on any atom is -0.485 e. The maximum atomic E-state index is 15.1. The van der Waals surface area contributed by atoms with Gasteiger partial charge >= 0.3 is 6.09 Å². The molecule has 2 atom stereocenters. The van der Waals surface area contributed by atoms with E-state index >= 15 is 4.39 Å². The van der Waals surface area contributed by atoms with Crippen molar-refractivity contribution in [3.8, 4) is 17.3 Å². The number of fused-ring (bicyclic) bond motifs is 2. The molecule has 5 rings (SSSR count). The Morgan fingerprint density at radius 2 is 1.89 bits per heavy atom. The van der Waals surface area contributed by atoms with Gasteiger partial charge in [-0.2, -0.15) is 0 Å². The summed E-state index contributed by atoms with van der Waals surface area (Å²) in [7, 11) is 0. The number of ether oxygens (including phenoxy) is 2. The number of para-hydroxylation sites is 1. The SMILES string of the molecule is CC(C)(C)OC(=O)N1CC[C@H](Oc2cccc3ccc(-c4nnc5ccc(Br)cn45)nc23)[C@@H](F)CC1. The van der Waals surface area contributed by atoms with Crippen molar-refractivity contribution in [2.45, 2.75) is 51.5 Å². The lowest BCUT2D eigenvalue weighted by atomic mass is 10.1. The molecule has 3 aromatic heterocycles. The number of aromatic nitrogens is 4. The highest BCUT2D eigenvalue weighted by Crippen LogP contribution is 2.30. The molecular weight excluding hydrogens is 529 g/mol. The molecule has 1 aliphatic heterocycles. The maximum absolute atomic E-state index is 15.1. The average molecular weight is 556 g/mol. The minimum atomic E-state index is -1.23. The zero-order valence-corrected chi connectivity index (χ0v) is 21.9. The number of benzene rings is 1. The molecule has 4 heterocycles. The van der Waals surface area contributed by atoms with E-state index in [0.29, 0.717) is 41.4 Å². The highest BCUT2D eigenvalue weighted by molar-refractivity contribution is 9.10. The summed E-state index contributed by atoms with van der Waals surface area (Å²) in [6.07, 6.45) is 0.0352. The number of rotatable bonds is 3. The van der Waals surface area contributed by atoms with E-state index in [9.17, 15) is 4.79 Å². The summed E-state index contributed by atoms with van der Waals surface area (Å²) < 4.78 is 29.5. The number of hydrogen-bond acceptors (Lipinski definition) is 6. The van der Waals surface area contributed by atoms with Crippen LogP contribution in [0.5, 0.6) is 5.75 Å². The van der Waals surface area contributed by atoms with Gasteiger partial charge in [0.15, 0.2) is 11.5 Å². The second-order valence-electron chi connectivity index (χ2n) is 9.84. The molecule has 4 aromatic rings. The summed E-state index contributed by atoms with van der Waals surface area (Å²) in [5, 5.41) is 9.40. The topological polar surface area (TPSA) is 81.8 Å². The summed E-state index contributed by atoms with van der Waals surface area (Å²) in [6, 6.07) is 13.2. The first kappa shape index (κ1) is 24.4. The third-order valence-electron chi connectivity index (χ3n) is 5.97. The second kappa shape index (κ2) is 9.65. The Labute approximate surface area is 216 Å². The van der Waals surface area contributed by atoms with Crippen LogP contribution in [0, 0.1) is 0 Å². The Kier molecular flexibility index (Phi) is 6.55. The number of carbonyl (C=O) groups is 1. The summed E-state index contributed by atoms with van der Waals surface area (Å²) in [4.78, 5) is 18.9. The molecule has 36 heavy (non-hydrogen) atoms. The van der Waals surface area contributed by atoms with Crippen molar-refractivity contribution in [3.63, 3.8) is 0 Å². The monoisotopic (exact) mass is 555 g/mol. The molecule has 0 N–H and O–H groups in total. The molecule has 0 spiro atoms. The number of nitrogens with zero attached hydrogens (tertiary/aromatic N) is 5. The van der Waals surface area contributed by atoms with Crippen molar-refractivity contribution in [1.82, 2.24) is 24.5 Å². The van der Waals surface area contributed by atoms with E-state index < -0.39 is 24.0 Å². The Morgan fingerprint density at radius 1 is 1.08 bits per heavy atom. The molecule has 0 bridgehead atoms. The summed E-state index contributed by atoms with van der Waals surface area (Å²) in [5.41, 5.74) is 1.33. The van der Waals surface area contributed by atoms with Gasteiger partial charge in [-0.15, -0.1) is 10.2 Å². The lowest BCUT2D eigenvalue weighted by Gasteiger charge is -2.26. The molecule has 10 heteroatoms. The predicted molar refractivity (Wildman–Crippen MR) is 138 cm³/mol. The van der Waals surface area contributed by atoms with Crippen LogP contribution in [0.15, 0.2) is 53.1 Å². The number of alkyl halides is 1. The standard InChI is InChI=1S/C26H27BrFN5O3/c1-26(2,3)36-25(34)32-13-11-18(28)20(12-14-32)35-21-6-4-5-16-7-9-19(29-23(16)21)24-31-30-22-10-8-17(27)15-33(22)24/h4-10,15,18,20H,11-14H2,1-3H3/t18-,20-/m0/s1. The average Bonchev–Trinajstić information content (AvgIpc) is 3.15. The number of amides is 1. The fraction of sp³-hybridized carbons (Fsp3) is 0.385. The van der Waals surface area contributed by atoms with Crippen molar-refractivity contribution in [2.75, 3.05) is 13.1 Å². The van der Waals surface area contributed by atoms with Crippen LogP contribution < -0.4 is 4.74 Å². The number of hydrogen-bond donors (Lipinski definition) is 0. The lowest BCUT2D eigenvalue weighted by molar-refractivity contribution is 0.0252. The fourth-order valence-electron chi connectivity index (χ4n) is 4.22. The Bertz CT molecular complexity index is 1420. The molecule has 1 fully saturated rings. The third-order valence-corrected chi connectivity index (χ3v) is 6.44. The second-order valence-corrected chi connectivity index (χ2v) is 10.8. The highest BCUT2D eigenvalue weighted by Gasteiger charge is 2.32. The molecule has 0 saturated carbocycles. The van der Waals surface area contributed by atoms with Gasteiger partial charge in [0.1, 0.15) is 34.8 Å². The van der Waals surface area contributed by atoms with Crippen LogP contribution >= 0.6 is 15.9 Å². The van der Waals surface area contributed by atoms with Crippen LogP contribution in [-0.4, -0.2) is 61.5 Å². The van der Waals surface area contributed by atoms with Crippen LogP contribution in [0.1, 0.15) is 33.6 Å². The first-order valence-corrected chi connectivity index (χ1v) is 12.7. The molecule has 1 amide bonds. The largest absolute Gasteiger partial charge is 0.485 e. The van der Waals surface area contributed by atoms with E-state index in [1.54, 1.807) is 11.0 Å². The van der Waals surface area contributed by atoms with Gasteiger partial charge in [-0.25, -0.2) is 14.2 Å². The van der Waals surface area contributed by atoms with Gasteiger partial charge in [-0.05, 0) is 67.4 Å². The first-order chi connectivity index (χ1) is 17.2. The van der Waals surface area contributed by atoms with Crippen LogP contribution in [0.4, 0.5) is 9.18 Å². The van der Waals surface area contributed by atoms with Gasteiger partial charge in [-0.3, -0.25) is 4.40 Å². The maximum Gasteiger partial charge on any atom is 0.410 e. The van der Waals surface area contributed by atoms with Crippen LogP contribution in [0.25, 0.3) is 28.1 Å². The number of halogens is 2. The molecule has 1 aliphatic rings. The van der Waals surface area contributed by atoms with Gasteiger partial charge in [0, 0.05) is 35.6 Å². The van der Waals surface area contributed by atoms with Crippen LogP contribution in [0.3, 0.4) is 0 Å². The van der Waals surface area contributed by atoms with Gasteiger partial charge < -0.3 is 14.4 Å². The Morgan fingerprint density at radius 3 is 2.69 bits per heavy atom. The first-order valence-electron chi connectivity index (χ1n) is 11.9. The normalized spacial score (nSPS) is 18.9. The zero-order valence-electron chi connectivity index (χ0n) is 20.3. The number of pyridine rings is 2. The third kappa shape index (κ3) is 5.13. The Balaban J connectivity index is 1.41. The van der Waals surface area contributed by atoms with E-state index in [1.807, 2.05) is 67.8 Å². The molecular formula is C26H27BrFN5O3. The van der Waals surface area contributed by atoms with Gasteiger partial charge in [0.2, 0.25) is 0 Å². The van der Waals surface area contributed by atoms with Crippen molar-refractivity contribution in [1.29, 1.82) is 0 Å². The van der Waals surface area contributed by atoms with E-state index in [0.717, 1.165) is 9.86 Å². The minimum absolute atomic E-state index is 0.175. The van der Waals surface area contributed by atoms with E-state index in [2.05, 4.69) is 26.1 Å². The van der Waals surface area contributed by atoms with Crippen molar-refractivity contribution < 1.29 is 18.7 Å². The van der Waals surface area contributed by atoms with E-state index in [1.165, 1.54) is 0 Å². The van der Waals surface area contributed by atoms with Crippen LogP contribution in [0.2, 0.25) is 0 Å². The Hall–Kier alpha value is -3.27. The molecule has 8 nitrogen and oxygen atoms in total. The van der Waals surface area contributed by atoms with Gasteiger partial charge in [0.25, 0.3) is 0 Å². The van der Waals surface area contributed by atoms with Gasteiger partial charge in [0.05, 0.1) is 0 Å². The zero-order chi connectivity index (χ0) is 25.4. The van der Waals surface area contributed by atoms with Crippen molar-refractivity contribution >= 4 is 38.6 Å². The van der Waals surface area contributed by atoms with Gasteiger partial charge in [-0.1, -0.05) is 18.2 Å². The van der Waals surface area contributed by atoms with E-state index in [-0.39, 0.29) is 13.0 Å². The van der Waals surface area contributed by atoms with Crippen molar-refractivity contribution in [2.24, 2.45) is 0 Å². The molecule has 0 unspecified atom stereocenters. The fourth-order valence-corrected chi connectivity index (χ4v) is 4.56. The van der Waals surface area contributed by atoms with Crippen LogP contribution in [-0.2, 0) is 4.74 Å². The lowest BCUT2D eigenvalue weighted by Crippen LogP contribution is -2.37. The van der Waals surface area contributed by atoms with E-state index in [4.69, 9.17) is 14.5 Å². The highest BCUT2D eigenvalue weighted by atomic mass is 79.9. The molecule has 188 valence electrons. The number of carbonyl (C=O) groups excluding carboxylic acids is 1. The molecule has 1 saturated heterocycles.